The zero-order chi connectivity index (χ0) is 19.2. The Morgan fingerprint density at radius 3 is 2.46 bits per heavy atom. The van der Waals surface area contributed by atoms with Crippen LogP contribution in [0.15, 0.2) is 36.9 Å². The number of benzene rings is 1. The predicted octanol–water partition coefficient (Wildman–Crippen LogP) is 4.70. The van der Waals surface area contributed by atoms with Crippen LogP contribution in [0.3, 0.4) is 0 Å². The Morgan fingerprint density at radius 1 is 1.23 bits per heavy atom. The first-order valence-electron chi connectivity index (χ1n) is 8.24. The van der Waals surface area contributed by atoms with Gasteiger partial charge in [0.05, 0.1) is 6.54 Å². The number of carbonyl (C=O) groups is 1. The van der Waals surface area contributed by atoms with Crippen LogP contribution in [0.5, 0.6) is 0 Å². The molecule has 26 heavy (non-hydrogen) atoms. The quantitative estimate of drug-likeness (QED) is 0.498. The highest BCUT2D eigenvalue weighted by atomic mass is 35.5. The topological polar surface area (TPSA) is 66.2 Å². The Bertz CT molecular complexity index is 699. The molecule has 6 nitrogen and oxygen atoms in total. The lowest BCUT2D eigenvalue weighted by atomic mass is 9.73. The number of aromatic nitrogens is 3. The van der Waals surface area contributed by atoms with Crippen LogP contribution in [0.1, 0.15) is 32.8 Å². The second-order valence-corrected chi connectivity index (χ2v) is 7.72. The summed E-state index contributed by atoms with van der Waals surface area (Å²) in [5, 5.41) is 4.85. The smallest absolute Gasteiger partial charge is 0.425 e. The second kappa shape index (κ2) is 8.73. The molecule has 2 rings (SSSR count). The molecule has 1 aromatic heterocycles. The molecule has 8 heteroatoms. The van der Waals surface area contributed by atoms with E-state index in [4.69, 9.17) is 32.7 Å². The molecule has 0 radical (unpaired) electrons. The summed E-state index contributed by atoms with van der Waals surface area (Å²) in [5.41, 5.74) is -0.170. The fourth-order valence-corrected chi connectivity index (χ4v) is 2.95. The molecule has 1 atom stereocenters. The average Bonchev–Trinajstić information content (AvgIpc) is 3.06. The molecule has 0 fully saturated rings. The molecule has 0 saturated carbocycles. The number of hydrogen-bond acceptors (Lipinski definition) is 5. The maximum absolute atomic E-state index is 12.1. The third kappa shape index (κ3) is 5.35. The van der Waals surface area contributed by atoms with Gasteiger partial charge < -0.3 is 9.47 Å². The van der Waals surface area contributed by atoms with Gasteiger partial charge in [-0.25, -0.2) is 14.5 Å². The number of alkyl halides is 1. The Hall–Kier alpha value is -1.79. The van der Waals surface area contributed by atoms with E-state index in [-0.39, 0.29) is 6.07 Å². The summed E-state index contributed by atoms with van der Waals surface area (Å²) in [6, 6.07) is 7.34. The summed E-state index contributed by atoms with van der Waals surface area (Å²) in [6.07, 6.45) is 3.50. The molecule has 1 aromatic carbocycles. The van der Waals surface area contributed by atoms with Crippen LogP contribution in [0.4, 0.5) is 4.79 Å². The summed E-state index contributed by atoms with van der Waals surface area (Å²) in [5.74, 6) is 0. The average molecular weight is 400 g/mol. The van der Waals surface area contributed by atoms with Gasteiger partial charge in [-0.2, -0.15) is 5.10 Å². The molecule has 1 heterocycles. The third-order valence-electron chi connectivity index (χ3n) is 4.43. The summed E-state index contributed by atoms with van der Waals surface area (Å²) >= 11 is 11.5. The van der Waals surface area contributed by atoms with Crippen molar-refractivity contribution in [2.45, 2.75) is 45.8 Å². The number of hydrogen-bond donors (Lipinski definition) is 0. The van der Waals surface area contributed by atoms with Crippen molar-refractivity contribution in [3.05, 3.63) is 47.5 Å². The molecule has 1 unspecified atom stereocenters. The second-order valence-electron chi connectivity index (χ2n) is 7.07. The number of ether oxygens (including phenoxy) is 2. The molecule has 0 bridgehead atoms. The summed E-state index contributed by atoms with van der Waals surface area (Å²) < 4.78 is 12.3. The Morgan fingerprint density at radius 2 is 1.92 bits per heavy atom. The van der Waals surface area contributed by atoms with Gasteiger partial charge in [-0.1, -0.05) is 56.1 Å². The highest BCUT2D eigenvalue weighted by Crippen LogP contribution is 2.39. The van der Waals surface area contributed by atoms with E-state index in [9.17, 15) is 4.79 Å². The van der Waals surface area contributed by atoms with Crippen molar-refractivity contribution in [2.24, 2.45) is 5.41 Å². The molecule has 2 aromatic rings. The Kier molecular flexibility index (Phi) is 6.89. The minimum absolute atomic E-state index is 0.264. The van der Waals surface area contributed by atoms with Crippen LogP contribution in [0.2, 0.25) is 5.02 Å². The van der Waals surface area contributed by atoms with Crippen LogP contribution in [-0.2, 0) is 22.4 Å². The standard InChI is InChI=1S/C18H23Cl2N3O3/c1-17(2,3)18(26-16(24)25-11-19,10-23-13-21-12-22-23)9-8-14-4-6-15(20)7-5-14/h4-7,12-13H,8-11H2,1-3H3. The third-order valence-corrected chi connectivity index (χ3v) is 4.79. The lowest BCUT2D eigenvalue weighted by molar-refractivity contribution is -0.109. The van der Waals surface area contributed by atoms with Gasteiger partial charge in [-0.15, -0.1) is 0 Å². The molecule has 0 aliphatic rings. The molecule has 0 aliphatic carbocycles. The lowest BCUT2D eigenvalue weighted by Crippen LogP contribution is -2.51. The fraction of sp³-hybridized carbons (Fsp3) is 0.500. The highest BCUT2D eigenvalue weighted by molar-refractivity contribution is 6.30. The van der Waals surface area contributed by atoms with Gasteiger partial charge in [0, 0.05) is 10.4 Å². The van der Waals surface area contributed by atoms with Gasteiger partial charge in [-0.3, -0.25) is 0 Å². The molecule has 0 spiro atoms. The summed E-state index contributed by atoms with van der Waals surface area (Å²) in [4.78, 5) is 16.1. The number of aryl methyl sites for hydroxylation is 1. The van der Waals surface area contributed by atoms with Crippen molar-refractivity contribution in [2.75, 3.05) is 6.07 Å². The van der Waals surface area contributed by atoms with Crippen LogP contribution < -0.4 is 0 Å². The molecule has 0 amide bonds. The lowest BCUT2D eigenvalue weighted by Gasteiger charge is -2.43. The van der Waals surface area contributed by atoms with Gasteiger partial charge in [0.25, 0.3) is 0 Å². The van der Waals surface area contributed by atoms with Crippen molar-refractivity contribution in [1.29, 1.82) is 0 Å². The zero-order valence-corrected chi connectivity index (χ0v) is 16.6. The largest absolute Gasteiger partial charge is 0.510 e. The van der Waals surface area contributed by atoms with Crippen LogP contribution in [-0.4, -0.2) is 32.6 Å². The van der Waals surface area contributed by atoms with Gasteiger partial charge in [0.15, 0.2) is 6.07 Å². The molecule has 0 saturated heterocycles. The summed E-state index contributed by atoms with van der Waals surface area (Å²) in [7, 11) is 0. The normalized spacial score (nSPS) is 13.9. The van der Waals surface area contributed by atoms with Crippen molar-refractivity contribution < 1.29 is 14.3 Å². The molecular formula is C18H23Cl2N3O3. The highest BCUT2D eigenvalue weighted by Gasteiger charge is 2.46. The van der Waals surface area contributed by atoms with E-state index >= 15 is 0 Å². The first-order chi connectivity index (χ1) is 12.3. The Balaban J connectivity index is 2.29. The molecule has 0 aliphatic heterocycles. The minimum atomic E-state index is -0.872. The van der Waals surface area contributed by atoms with Gasteiger partial charge >= 0.3 is 6.16 Å². The number of rotatable bonds is 7. The monoisotopic (exact) mass is 399 g/mol. The van der Waals surface area contributed by atoms with Gasteiger partial charge in [0.1, 0.15) is 18.3 Å². The van der Waals surface area contributed by atoms with Gasteiger partial charge in [0.2, 0.25) is 0 Å². The maximum atomic E-state index is 12.1. The van der Waals surface area contributed by atoms with Crippen LogP contribution in [0, 0.1) is 5.41 Å². The van der Waals surface area contributed by atoms with Crippen molar-refractivity contribution in [3.63, 3.8) is 0 Å². The number of nitrogens with zero attached hydrogens (tertiary/aromatic N) is 3. The fourth-order valence-electron chi connectivity index (χ4n) is 2.73. The maximum Gasteiger partial charge on any atom is 0.510 e. The van der Waals surface area contributed by atoms with Gasteiger partial charge in [-0.05, 0) is 30.5 Å². The minimum Gasteiger partial charge on any atom is -0.425 e. The SMILES string of the molecule is CC(C)(C)C(CCc1ccc(Cl)cc1)(Cn1cncn1)OC(=O)OCCl. The first kappa shape index (κ1) is 20.5. The first-order valence-corrected chi connectivity index (χ1v) is 9.15. The van der Waals surface area contributed by atoms with E-state index in [1.807, 2.05) is 45.0 Å². The van der Waals surface area contributed by atoms with Crippen LogP contribution >= 0.6 is 23.2 Å². The Labute approximate surface area is 163 Å². The van der Waals surface area contributed by atoms with E-state index < -0.39 is 17.2 Å². The predicted molar refractivity (Wildman–Crippen MR) is 100 cm³/mol. The van der Waals surface area contributed by atoms with E-state index in [0.29, 0.717) is 24.4 Å². The van der Waals surface area contributed by atoms with Crippen molar-refractivity contribution >= 4 is 29.4 Å². The zero-order valence-electron chi connectivity index (χ0n) is 15.1. The van der Waals surface area contributed by atoms with E-state index in [1.165, 1.54) is 6.33 Å². The summed E-state index contributed by atoms with van der Waals surface area (Å²) in [6.45, 7) is 6.39. The molecule has 0 N–H and O–H groups in total. The molecule has 142 valence electrons. The van der Waals surface area contributed by atoms with E-state index in [1.54, 1.807) is 11.0 Å². The number of carbonyl (C=O) groups excluding carboxylic acids is 1. The molecular weight excluding hydrogens is 377 g/mol. The van der Waals surface area contributed by atoms with E-state index in [2.05, 4.69) is 10.1 Å². The number of halogens is 2. The van der Waals surface area contributed by atoms with Crippen molar-refractivity contribution in [1.82, 2.24) is 14.8 Å². The van der Waals surface area contributed by atoms with Crippen molar-refractivity contribution in [3.8, 4) is 0 Å². The van der Waals surface area contributed by atoms with Crippen LogP contribution in [0.25, 0.3) is 0 Å². The van der Waals surface area contributed by atoms with E-state index in [0.717, 1.165) is 5.56 Å².